The van der Waals surface area contributed by atoms with Crippen molar-refractivity contribution in [3.05, 3.63) is 47.9 Å². The SMILES string of the molecule is C[C@]12C=CC(=O)C=C1[C@@H](F)C[C@H]1C3C[C@H]4CN(CC5C=CC(F)=CC5)C[C@@]4(C(=O)CO)[C@@]3(C)C[C@H](O)[C@@]12F. The number of carbonyl (C=O) groups excluding carboxylic acids is 2. The van der Waals surface area contributed by atoms with Crippen LogP contribution < -0.4 is 0 Å². The lowest BCUT2D eigenvalue weighted by Gasteiger charge is -2.63. The zero-order chi connectivity index (χ0) is 27.3. The molecule has 0 bridgehead atoms. The van der Waals surface area contributed by atoms with Gasteiger partial charge in [-0.25, -0.2) is 13.2 Å². The number of nitrogens with zero attached hydrogens (tertiary/aromatic N) is 1. The first-order chi connectivity index (χ1) is 17.9. The van der Waals surface area contributed by atoms with E-state index in [9.17, 15) is 24.2 Å². The number of aliphatic hydroxyl groups excluding tert-OH is 2. The quantitative estimate of drug-likeness (QED) is 0.577. The molecule has 5 aliphatic carbocycles. The Morgan fingerprint density at radius 1 is 1.21 bits per heavy atom. The third-order valence-corrected chi connectivity index (χ3v) is 11.5. The van der Waals surface area contributed by atoms with Crippen molar-refractivity contribution in [1.29, 1.82) is 0 Å². The summed E-state index contributed by atoms with van der Waals surface area (Å²) in [6, 6.07) is 0. The highest BCUT2D eigenvalue weighted by atomic mass is 19.1. The molecular weight excluding hydrogens is 495 g/mol. The normalized spacial score (nSPS) is 49.6. The highest BCUT2D eigenvalue weighted by Crippen LogP contribution is 2.74. The molecule has 8 heteroatoms. The molecule has 1 heterocycles. The molecule has 206 valence electrons. The van der Waals surface area contributed by atoms with Crippen LogP contribution in [0.5, 0.6) is 0 Å². The molecule has 5 nitrogen and oxygen atoms in total. The minimum Gasteiger partial charge on any atom is -0.390 e. The Hall–Kier alpha value is -2.03. The summed E-state index contributed by atoms with van der Waals surface area (Å²) in [5, 5.41) is 21.7. The Balaban J connectivity index is 1.37. The van der Waals surface area contributed by atoms with Gasteiger partial charge in [-0.3, -0.25) is 9.59 Å². The van der Waals surface area contributed by atoms with Crippen molar-refractivity contribution in [3.63, 3.8) is 0 Å². The molecule has 38 heavy (non-hydrogen) atoms. The van der Waals surface area contributed by atoms with E-state index >= 15 is 8.78 Å². The molecular formula is C30H36F3NO4. The van der Waals surface area contributed by atoms with Crippen molar-refractivity contribution < 1.29 is 33.0 Å². The lowest BCUT2D eigenvalue weighted by molar-refractivity contribution is -0.212. The Kier molecular flexibility index (Phi) is 5.85. The summed E-state index contributed by atoms with van der Waals surface area (Å²) in [6.07, 6.45) is 6.66. The largest absolute Gasteiger partial charge is 0.390 e. The van der Waals surface area contributed by atoms with E-state index in [0.717, 1.165) is 0 Å². The zero-order valence-corrected chi connectivity index (χ0v) is 21.9. The second-order valence-electron chi connectivity index (χ2n) is 13.0. The third-order valence-electron chi connectivity index (χ3n) is 11.5. The maximum Gasteiger partial charge on any atom is 0.178 e. The van der Waals surface area contributed by atoms with Gasteiger partial charge >= 0.3 is 0 Å². The maximum atomic E-state index is 17.4. The van der Waals surface area contributed by atoms with E-state index in [2.05, 4.69) is 4.90 Å². The molecule has 6 rings (SSSR count). The van der Waals surface area contributed by atoms with Crippen molar-refractivity contribution in [1.82, 2.24) is 4.90 Å². The molecule has 2 unspecified atom stereocenters. The molecule has 2 N–H and O–H groups in total. The minimum absolute atomic E-state index is 0.0135. The first kappa shape index (κ1) is 26.2. The van der Waals surface area contributed by atoms with Crippen molar-refractivity contribution >= 4 is 11.6 Å². The monoisotopic (exact) mass is 531 g/mol. The first-order valence-electron chi connectivity index (χ1n) is 13.8. The van der Waals surface area contributed by atoms with E-state index in [1.165, 1.54) is 24.3 Å². The zero-order valence-electron chi connectivity index (χ0n) is 21.9. The van der Waals surface area contributed by atoms with Gasteiger partial charge in [0.1, 0.15) is 18.6 Å². The van der Waals surface area contributed by atoms with Crippen LogP contribution in [0.2, 0.25) is 0 Å². The van der Waals surface area contributed by atoms with E-state index in [0.29, 0.717) is 32.5 Å². The summed E-state index contributed by atoms with van der Waals surface area (Å²) in [7, 11) is 0. The topological polar surface area (TPSA) is 77.8 Å². The van der Waals surface area contributed by atoms with Crippen molar-refractivity contribution in [2.24, 2.45) is 39.9 Å². The van der Waals surface area contributed by atoms with Gasteiger partial charge in [0.2, 0.25) is 0 Å². The molecule has 6 aliphatic rings. The molecule has 0 spiro atoms. The van der Waals surface area contributed by atoms with Gasteiger partial charge < -0.3 is 15.1 Å². The highest BCUT2D eigenvalue weighted by molar-refractivity contribution is 6.01. The number of aliphatic hydroxyl groups is 2. The highest BCUT2D eigenvalue weighted by Gasteiger charge is 2.78. The fourth-order valence-corrected chi connectivity index (χ4v) is 9.76. The average molecular weight is 532 g/mol. The number of Topliss-reactive ketones (excluding diaryl/α,β-unsaturated/α-hetero) is 1. The van der Waals surface area contributed by atoms with Gasteiger partial charge in [-0.1, -0.05) is 19.1 Å². The van der Waals surface area contributed by atoms with E-state index < -0.39 is 46.7 Å². The summed E-state index contributed by atoms with van der Waals surface area (Å²) in [5.41, 5.74) is -5.39. The average Bonchev–Trinajstić information content (AvgIpc) is 3.35. The number of alkyl halides is 2. The van der Waals surface area contributed by atoms with Crippen LogP contribution in [-0.4, -0.2) is 70.9 Å². The van der Waals surface area contributed by atoms with E-state index in [1.54, 1.807) is 13.0 Å². The van der Waals surface area contributed by atoms with Crippen LogP contribution >= 0.6 is 0 Å². The van der Waals surface area contributed by atoms with Crippen LogP contribution in [0.25, 0.3) is 0 Å². The number of fused-ring (bicyclic) bond motifs is 7. The van der Waals surface area contributed by atoms with Gasteiger partial charge in [0.05, 0.1) is 11.5 Å². The van der Waals surface area contributed by atoms with Crippen molar-refractivity contribution in [2.75, 3.05) is 26.2 Å². The summed E-state index contributed by atoms with van der Waals surface area (Å²) in [5.74, 6) is -2.22. The Morgan fingerprint density at radius 3 is 2.66 bits per heavy atom. The number of hydrogen-bond donors (Lipinski definition) is 2. The van der Waals surface area contributed by atoms with E-state index in [-0.39, 0.29) is 53.6 Å². The fourth-order valence-electron chi connectivity index (χ4n) is 9.76. The van der Waals surface area contributed by atoms with Crippen molar-refractivity contribution in [3.8, 4) is 0 Å². The van der Waals surface area contributed by atoms with Gasteiger partial charge in [0.25, 0.3) is 0 Å². The molecule has 0 radical (unpaired) electrons. The first-order valence-corrected chi connectivity index (χ1v) is 13.8. The molecule has 0 aromatic carbocycles. The summed E-state index contributed by atoms with van der Waals surface area (Å²) in [4.78, 5) is 27.9. The van der Waals surface area contributed by atoms with Crippen LogP contribution in [-0.2, 0) is 9.59 Å². The number of allylic oxidation sites excluding steroid dienone is 7. The number of halogens is 3. The smallest absolute Gasteiger partial charge is 0.178 e. The minimum atomic E-state index is -2.19. The van der Waals surface area contributed by atoms with E-state index in [1.807, 2.05) is 13.0 Å². The number of hydrogen-bond acceptors (Lipinski definition) is 5. The van der Waals surface area contributed by atoms with Crippen LogP contribution in [0.3, 0.4) is 0 Å². The predicted octanol–water partition coefficient (Wildman–Crippen LogP) is 3.82. The fraction of sp³-hybridized carbons (Fsp3) is 0.667. The molecule has 0 aromatic heterocycles. The van der Waals surface area contributed by atoms with E-state index in [4.69, 9.17) is 0 Å². The number of ketones is 2. The lowest BCUT2D eigenvalue weighted by atomic mass is 9.43. The van der Waals surface area contributed by atoms with Crippen molar-refractivity contribution in [2.45, 2.75) is 57.5 Å². The predicted molar refractivity (Wildman–Crippen MR) is 135 cm³/mol. The molecule has 10 atom stereocenters. The van der Waals surface area contributed by atoms with Crippen LogP contribution in [0.1, 0.15) is 39.5 Å². The molecule has 1 aliphatic heterocycles. The van der Waals surface area contributed by atoms with Gasteiger partial charge in [-0.15, -0.1) is 0 Å². The summed E-state index contributed by atoms with van der Waals surface area (Å²) in [6.45, 7) is 4.44. The standard InChI is InChI=1S/C30H36F3NO4/c1-27-8-7-20(36)10-23(27)24(32)11-22-21-9-18-14-34(13-17-3-5-19(31)6-4-17)16-29(18,26(38)15-35)28(21,2)12-25(37)30(22,27)33/h3,5-8,10,17-18,21-22,24-25,35,37H,4,9,11-16H2,1-2H3/t17?,18-,21?,22-,24-,25-,27-,28-,29+,30-/m0/s1. The van der Waals surface area contributed by atoms with Crippen LogP contribution in [0, 0.1) is 39.9 Å². The van der Waals surface area contributed by atoms with Gasteiger partial charge in [0.15, 0.2) is 17.2 Å². The molecule has 4 fully saturated rings. The number of rotatable bonds is 4. The van der Waals surface area contributed by atoms with Gasteiger partial charge in [-0.05, 0) is 85.7 Å². The lowest BCUT2D eigenvalue weighted by Crippen LogP contribution is -2.69. The Morgan fingerprint density at radius 2 is 1.97 bits per heavy atom. The Labute approximate surface area is 221 Å². The number of likely N-dealkylation sites (tertiary alicyclic amines) is 1. The molecule has 1 saturated heterocycles. The molecule has 0 amide bonds. The second kappa shape index (κ2) is 8.48. The molecule has 3 saturated carbocycles. The maximum absolute atomic E-state index is 17.4. The second-order valence-corrected chi connectivity index (χ2v) is 13.0. The Bertz CT molecular complexity index is 1200. The van der Waals surface area contributed by atoms with Gasteiger partial charge in [-0.2, -0.15) is 0 Å². The van der Waals surface area contributed by atoms with Crippen LogP contribution in [0.4, 0.5) is 13.2 Å². The van der Waals surface area contributed by atoms with Gasteiger partial charge in [0, 0.05) is 31.0 Å². The summed E-state index contributed by atoms with van der Waals surface area (Å²) >= 11 is 0. The number of carbonyl (C=O) groups is 2. The third kappa shape index (κ3) is 3.17. The molecule has 0 aromatic rings. The van der Waals surface area contributed by atoms with Crippen LogP contribution in [0.15, 0.2) is 47.9 Å². The summed E-state index contributed by atoms with van der Waals surface area (Å²) < 4.78 is 46.6.